The molecule has 0 bridgehead atoms. The number of aryl methyl sites for hydroxylation is 1. The third kappa shape index (κ3) is 2.15. The molecule has 8 nitrogen and oxygen atoms in total. The van der Waals surface area contributed by atoms with E-state index in [0.29, 0.717) is 6.42 Å². The Morgan fingerprint density at radius 2 is 2.18 bits per heavy atom. The molecule has 2 aliphatic rings. The fraction of sp³-hybridized carbons (Fsp3) is 0.692. The number of methoxy groups -OCH3 is 1. The molecule has 2 aliphatic heterocycles. The normalized spacial score (nSPS) is 21.0. The van der Waals surface area contributed by atoms with E-state index in [-0.39, 0.29) is 18.0 Å². The number of sulfonamides is 1. The molecule has 0 atom stereocenters. The SMILES string of the molecule is COC(=O)C1(CO)CN(S(=O)(=O)c2cnn3c2CCCC3)C1. The highest BCUT2D eigenvalue weighted by molar-refractivity contribution is 7.89. The van der Waals surface area contributed by atoms with Crippen LogP contribution in [0, 0.1) is 5.41 Å². The summed E-state index contributed by atoms with van der Waals surface area (Å²) in [7, 11) is -2.46. The van der Waals surface area contributed by atoms with Gasteiger partial charge in [0.25, 0.3) is 0 Å². The van der Waals surface area contributed by atoms with E-state index < -0.39 is 28.0 Å². The van der Waals surface area contributed by atoms with Crippen molar-refractivity contribution >= 4 is 16.0 Å². The highest BCUT2D eigenvalue weighted by Gasteiger charge is 2.54. The van der Waals surface area contributed by atoms with Gasteiger partial charge in [-0.1, -0.05) is 0 Å². The first kappa shape index (κ1) is 15.4. The minimum atomic E-state index is -3.69. The molecule has 0 aliphatic carbocycles. The second-order valence-corrected chi connectivity index (χ2v) is 7.75. The van der Waals surface area contributed by atoms with Crippen LogP contribution in [0.15, 0.2) is 11.1 Å². The van der Waals surface area contributed by atoms with Crippen molar-refractivity contribution in [1.29, 1.82) is 0 Å². The van der Waals surface area contributed by atoms with E-state index in [1.807, 2.05) is 0 Å². The van der Waals surface area contributed by atoms with Crippen molar-refractivity contribution in [2.75, 3.05) is 26.8 Å². The summed E-state index contributed by atoms with van der Waals surface area (Å²) < 4.78 is 33.0. The highest BCUT2D eigenvalue weighted by atomic mass is 32.2. The lowest BCUT2D eigenvalue weighted by Crippen LogP contribution is -2.64. The minimum Gasteiger partial charge on any atom is -0.468 e. The minimum absolute atomic E-state index is 0.0663. The van der Waals surface area contributed by atoms with Crippen LogP contribution in [0.4, 0.5) is 0 Å². The van der Waals surface area contributed by atoms with Gasteiger partial charge in [0, 0.05) is 19.6 Å². The number of esters is 1. The van der Waals surface area contributed by atoms with Gasteiger partial charge in [-0.15, -0.1) is 0 Å². The molecule has 1 fully saturated rings. The average molecular weight is 329 g/mol. The van der Waals surface area contributed by atoms with E-state index >= 15 is 0 Å². The van der Waals surface area contributed by atoms with E-state index in [9.17, 15) is 18.3 Å². The van der Waals surface area contributed by atoms with E-state index in [1.54, 1.807) is 4.68 Å². The van der Waals surface area contributed by atoms with Crippen molar-refractivity contribution in [3.63, 3.8) is 0 Å². The molecule has 1 N–H and O–H groups in total. The largest absolute Gasteiger partial charge is 0.468 e. The number of aliphatic hydroxyl groups excluding tert-OH is 1. The summed E-state index contributed by atoms with van der Waals surface area (Å²) in [6.07, 6.45) is 4.00. The maximum absolute atomic E-state index is 12.7. The van der Waals surface area contributed by atoms with E-state index in [0.717, 1.165) is 25.1 Å². The van der Waals surface area contributed by atoms with Crippen molar-refractivity contribution in [3.8, 4) is 0 Å². The van der Waals surface area contributed by atoms with Gasteiger partial charge < -0.3 is 9.84 Å². The second-order valence-electron chi connectivity index (χ2n) is 5.84. The van der Waals surface area contributed by atoms with Crippen molar-refractivity contribution in [1.82, 2.24) is 14.1 Å². The Kier molecular flexibility index (Phi) is 3.74. The lowest BCUT2D eigenvalue weighted by molar-refractivity contribution is -0.163. The van der Waals surface area contributed by atoms with Crippen LogP contribution in [-0.4, -0.2) is 60.4 Å². The number of ether oxygens (including phenoxy) is 1. The maximum atomic E-state index is 12.7. The average Bonchev–Trinajstić information content (AvgIpc) is 2.90. The van der Waals surface area contributed by atoms with Crippen LogP contribution in [0.3, 0.4) is 0 Å². The molecule has 0 aromatic carbocycles. The van der Waals surface area contributed by atoms with E-state index in [1.165, 1.54) is 17.6 Å². The predicted octanol–water partition coefficient (Wildman–Crippen LogP) is -0.625. The van der Waals surface area contributed by atoms with E-state index in [2.05, 4.69) is 9.84 Å². The molecule has 0 unspecified atom stereocenters. The second kappa shape index (κ2) is 5.32. The molecular weight excluding hydrogens is 310 g/mol. The topological polar surface area (TPSA) is 102 Å². The maximum Gasteiger partial charge on any atom is 0.316 e. The van der Waals surface area contributed by atoms with Crippen molar-refractivity contribution in [2.24, 2.45) is 5.41 Å². The van der Waals surface area contributed by atoms with Gasteiger partial charge >= 0.3 is 5.97 Å². The molecule has 3 rings (SSSR count). The smallest absolute Gasteiger partial charge is 0.316 e. The zero-order valence-corrected chi connectivity index (χ0v) is 13.2. The summed E-state index contributed by atoms with van der Waals surface area (Å²) in [5.41, 5.74) is -0.416. The molecule has 9 heteroatoms. The Labute approximate surface area is 128 Å². The Morgan fingerprint density at radius 1 is 1.45 bits per heavy atom. The first-order valence-corrected chi connectivity index (χ1v) is 8.63. The Bertz CT molecular complexity index is 691. The summed E-state index contributed by atoms with van der Waals surface area (Å²) in [4.78, 5) is 11.9. The Morgan fingerprint density at radius 3 is 2.82 bits per heavy atom. The first-order chi connectivity index (χ1) is 10.4. The third-order valence-electron chi connectivity index (χ3n) is 4.44. The molecule has 0 spiro atoms. The van der Waals surface area contributed by atoms with Crippen LogP contribution in [-0.2, 0) is 32.5 Å². The number of carbonyl (C=O) groups excluding carboxylic acids is 1. The van der Waals surface area contributed by atoms with Gasteiger partial charge in [-0.2, -0.15) is 9.40 Å². The van der Waals surface area contributed by atoms with Gasteiger partial charge in [-0.3, -0.25) is 9.48 Å². The number of nitrogens with zero attached hydrogens (tertiary/aromatic N) is 3. The van der Waals surface area contributed by atoms with Gasteiger partial charge in [-0.25, -0.2) is 8.42 Å². The zero-order valence-electron chi connectivity index (χ0n) is 12.4. The molecule has 0 saturated carbocycles. The number of rotatable bonds is 4. The molecular formula is C13H19N3O5S. The monoisotopic (exact) mass is 329 g/mol. The fourth-order valence-electron chi connectivity index (χ4n) is 3.06. The molecule has 0 amide bonds. The van der Waals surface area contributed by atoms with Gasteiger partial charge in [-0.05, 0) is 19.3 Å². The lowest BCUT2D eigenvalue weighted by Gasteiger charge is -2.45. The van der Waals surface area contributed by atoms with Crippen LogP contribution in [0.2, 0.25) is 0 Å². The highest BCUT2D eigenvalue weighted by Crippen LogP contribution is 2.37. The molecule has 22 heavy (non-hydrogen) atoms. The van der Waals surface area contributed by atoms with Crippen LogP contribution in [0.25, 0.3) is 0 Å². The van der Waals surface area contributed by atoms with Gasteiger partial charge in [0.05, 0.1) is 25.6 Å². The van der Waals surface area contributed by atoms with Gasteiger partial charge in [0.2, 0.25) is 10.0 Å². The van der Waals surface area contributed by atoms with Crippen LogP contribution >= 0.6 is 0 Å². The van der Waals surface area contributed by atoms with Crippen LogP contribution < -0.4 is 0 Å². The predicted molar refractivity (Wildman–Crippen MR) is 75.5 cm³/mol. The van der Waals surface area contributed by atoms with Crippen LogP contribution in [0.1, 0.15) is 18.5 Å². The number of fused-ring (bicyclic) bond motifs is 1. The van der Waals surface area contributed by atoms with E-state index in [4.69, 9.17) is 0 Å². The molecule has 122 valence electrons. The summed E-state index contributed by atoms with van der Waals surface area (Å²) in [5, 5.41) is 13.5. The number of aliphatic hydroxyl groups is 1. The molecule has 1 aromatic rings. The molecule has 0 radical (unpaired) electrons. The van der Waals surface area contributed by atoms with Crippen LogP contribution in [0.5, 0.6) is 0 Å². The van der Waals surface area contributed by atoms with Gasteiger partial charge in [0.15, 0.2) is 0 Å². The van der Waals surface area contributed by atoms with Crippen molar-refractivity contribution < 1.29 is 23.1 Å². The molecule has 1 saturated heterocycles. The van der Waals surface area contributed by atoms with Gasteiger partial charge in [0.1, 0.15) is 10.3 Å². The lowest BCUT2D eigenvalue weighted by atomic mass is 9.83. The summed E-state index contributed by atoms with van der Waals surface area (Å²) in [6, 6.07) is 0. The molecule has 1 aromatic heterocycles. The Balaban J connectivity index is 1.84. The number of aromatic nitrogens is 2. The summed E-state index contributed by atoms with van der Waals surface area (Å²) in [5.74, 6) is -0.585. The number of hydrogen-bond acceptors (Lipinski definition) is 6. The summed E-state index contributed by atoms with van der Waals surface area (Å²) in [6.45, 7) is 0.164. The molecule has 3 heterocycles. The third-order valence-corrected chi connectivity index (χ3v) is 6.28. The quantitative estimate of drug-likeness (QED) is 0.739. The number of carbonyl (C=O) groups is 1. The number of hydrogen-bond donors (Lipinski definition) is 1. The fourth-order valence-corrected chi connectivity index (χ4v) is 4.85. The standard InChI is InChI=1S/C13H19N3O5S/c1-21-12(18)13(9-17)7-15(8-13)22(19,20)11-6-14-16-5-3-2-4-10(11)16/h6,17H,2-5,7-9H2,1H3. The summed E-state index contributed by atoms with van der Waals surface area (Å²) >= 11 is 0. The van der Waals surface area contributed by atoms with Crippen molar-refractivity contribution in [3.05, 3.63) is 11.9 Å². The zero-order chi connectivity index (χ0) is 16.0. The Hall–Kier alpha value is -1.45. The first-order valence-electron chi connectivity index (χ1n) is 7.19. The van der Waals surface area contributed by atoms with Crippen molar-refractivity contribution in [2.45, 2.75) is 30.7 Å².